The number of anilines is 2. The molecule has 0 amide bonds. The van der Waals surface area contributed by atoms with Gasteiger partial charge in [-0.15, -0.1) is 0 Å². The number of fused-ring (bicyclic) bond motifs is 1. The van der Waals surface area contributed by atoms with Crippen LogP contribution >= 0.6 is 0 Å². The molecule has 1 heterocycles. The van der Waals surface area contributed by atoms with E-state index in [1.165, 1.54) is 6.33 Å². The third-order valence-electron chi connectivity index (χ3n) is 3.24. The molecule has 0 bridgehead atoms. The molecule has 0 aliphatic carbocycles. The van der Waals surface area contributed by atoms with E-state index in [1.54, 1.807) is 18.4 Å². The van der Waals surface area contributed by atoms with E-state index in [0.717, 1.165) is 12.1 Å². The van der Waals surface area contributed by atoms with Gasteiger partial charge in [-0.2, -0.15) is 0 Å². The normalized spacial score (nSPS) is 14.1. The van der Waals surface area contributed by atoms with Gasteiger partial charge >= 0.3 is 0 Å². The molecule has 2 rings (SSSR count). The topological polar surface area (TPSA) is 101 Å². The summed E-state index contributed by atoms with van der Waals surface area (Å²) >= 11 is 0. The van der Waals surface area contributed by atoms with E-state index in [9.17, 15) is 9.00 Å². The van der Waals surface area contributed by atoms with Crippen LogP contribution < -0.4 is 16.6 Å². The highest BCUT2D eigenvalue weighted by Crippen LogP contribution is 2.22. The molecule has 0 aliphatic heterocycles. The summed E-state index contributed by atoms with van der Waals surface area (Å²) in [6, 6.07) is 3.37. The number of aromatic nitrogens is 2. The first-order valence-corrected chi connectivity index (χ1v) is 7.94. The summed E-state index contributed by atoms with van der Waals surface area (Å²) in [5, 5.41) is 3.80. The molecule has 1 aromatic carbocycles. The smallest absolute Gasteiger partial charge is 0.258 e. The summed E-state index contributed by atoms with van der Waals surface area (Å²) < 4.78 is 11.3. The number of nitrogens with zero attached hydrogens (tertiary/aromatic N) is 1. The van der Waals surface area contributed by atoms with Crippen molar-refractivity contribution >= 4 is 33.1 Å². The van der Waals surface area contributed by atoms with Gasteiger partial charge in [0.15, 0.2) is 0 Å². The zero-order chi connectivity index (χ0) is 14.7. The Morgan fingerprint density at radius 3 is 2.95 bits per heavy atom. The maximum atomic E-state index is 11.6. The number of H-pyrrole nitrogens is 1. The van der Waals surface area contributed by atoms with E-state index in [-0.39, 0.29) is 10.8 Å². The first-order chi connectivity index (χ1) is 9.49. The van der Waals surface area contributed by atoms with Crippen LogP contribution in [-0.2, 0) is 10.8 Å². The molecular formula is C13H18N4O2S. The highest BCUT2D eigenvalue weighted by molar-refractivity contribution is 7.84. The molecule has 7 heteroatoms. The number of benzene rings is 1. The van der Waals surface area contributed by atoms with Crippen molar-refractivity contribution < 1.29 is 4.21 Å². The average molecular weight is 294 g/mol. The molecule has 0 aliphatic rings. The Morgan fingerprint density at radius 2 is 2.25 bits per heavy atom. The van der Waals surface area contributed by atoms with E-state index < -0.39 is 10.8 Å². The fraction of sp³-hybridized carbons (Fsp3) is 0.385. The average Bonchev–Trinajstić information content (AvgIpc) is 2.40. The number of nitrogens with one attached hydrogen (secondary N) is 2. The molecule has 0 spiro atoms. The molecule has 6 nitrogen and oxygen atoms in total. The fourth-order valence-electron chi connectivity index (χ4n) is 1.86. The van der Waals surface area contributed by atoms with Crippen LogP contribution in [0.1, 0.15) is 13.3 Å². The van der Waals surface area contributed by atoms with E-state index in [2.05, 4.69) is 15.3 Å². The van der Waals surface area contributed by atoms with Crippen LogP contribution in [0.3, 0.4) is 0 Å². The Labute approximate surface area is 119 Å². The summed E-state index contributed by atoms with van der Waals surface area (Å²) in [6.07, 6.45) is 3.85. The van der Waals surface area contributed by atoms with Gasteiger partial charge in [0.05, 0.1) is 28.6 Å². The quantitative estimate of drug-likeness (QED) is 0.716. The number of nitrogen functional groups attached to an aromatic ring is 1. The molecule has 108 valence electrons. The van der Waals surface area contributed by atoms with Crippen molar-refractivity contribution in [2.75, 3.05) is 23.9 Å². The van der Waals surface area contributed by atoms with Crippen LogP contribution in [0.2, 0.25) is 0 Å². The number of hydrogen-bond donors (Lipinski definition) is 3. The molecule has 0 radical (unpaired) electrons. The van der Waals surface area contributed by atoms with Crippen LogP contribution in [0.25, 0.3) is 10.9 Å². The van der Waals surface area contributed by atoms with Crippen molar-refractivity contribution in [3.05, 3.63) is 28.8 Å². The largest absolute Gasteiger partial charge is 0.397 e. The van der Waals surface area contributed by atoms with Gasteiger partial charge in [0.1, 0.15) is 0 Å². The molecule has 1 aromatic heterocycles. The maximum absolute atomic E-state index is 11.6. The first kappa shape index (κ1) is 14.5. The van der Waals surface area contributed by atoms with Crippen LogP contribution in [0, 0.1) is 0 Å². The Bertz CT molecular complexity index is 698. The lowest BCUT2D eigenvalue weighted by Crippen LogP contribution is -2.15. The number of rotatable bonds is 5. The second kappa shape index (κ2) is 6.04. The van der Waals surface area contributed by atoms with Gasteiger partial charge in [0.2, 0.25) is 0 Å². The molecule has 0 saturated carbocycles. The van der Waals surface area contributed by atoms with Crippen molar-refractivity contribution in [1.82, 2.24) is 9.97 Å². The lowest BCUT2D eigenvalue weighted by Gasteiger charge is -2.12. The third kappa shape index (κ3) is 3.16. The van der Waals surface area contributed by atoms with Gasteiger partial charge in [-0.25, -0.2) is 4.98 Å². The summed E-state index contributed by atoms with van der Waals surface area (Å²) in [6.45, 7) is 2.61. The minimum absolute atomic E-state index is 0.130. The SMILES string of the molecule is CC(CCNc1cc2nc[nH]c(=O)c2cc1N)S(C)=O. The van der Waals surface area contributed by atoms with Gasteiger partial charge in [0.25, 0.3) is 5.56 Å². The minimum Gasteiger partial charge on any atom is -0.397 e. The molecule has 4 N–H and O–H groups in total. The van der Waals surface area contributed by atoms with E-state index in [4.69, 9.17) is 5.73 Å². The Balaban J connectivity index is 2.17. The van der Waals surface area contributed by atoms with E-state index in [1.807, 2.05) is 6.92 Å². The summed E-state index contributed by atoms with van der Waals surface area (Å²) in [7, 11) is -0.828. The monoisotopic (exact) mass is 294 g/mol. The molecule has 20 heavy (non-hydrogen) atoms. The van der Waals surface area contributed by atoms with Crippen molar-refractivity contribution in [3.8, 4) is 0 Å². The van der Waals surface area contributed by atoms with Gasteiger partial charge < -0.3 is 16.0 Å². The van der Waals surface area contributed by atoms with E-state index >= 15 is 0 Å². The molecule has 2 unspecified atom stereocenters. The predicted octanol–water partition coefficient (Wildman–Crippen LogP) is 1.07. The molecular weight excluding hydrogens is 276 g/mol. The molecule has 2 atom stereocenters. The van der Waals surface area contributed by atoms with Gasteiger partial charge in [0, 0.05) is 28.9 Å². The van der Waals surface area contributed by atoms with Crippen LogP contribution in [0.15, 0.2) is 23.3 Å². The zero-order valence-electron chi connectivity index (χ0n) is 11.5. The first-order valence-electron chi connectivity index (χ1n) is 6.32. The third-order valence-corrected chi connectivity index (χ3v) is 4.61. The van der Waals surface area contributed by atoms with Crippen molar-refractivity contribution in [2.45, 2.75) is 18.6 Å². The Morgan fingerprint density at radius 1 is 1.50 bits per heavy atom. The second-order valence-electron chi connectivity index (χ2n) is 4.71. The minimum atomic E-state index is -0.828. The van der Waals surface area contributed by atoms with E-state index in [0.29, 0.717) is 23.1 Å². The maximum Gasteiger partial charge on any atom is 0.258 e. The van der Waals surface area contributed by atoms with Gasteiger partial charge in [-0.1, -0.05) is 6.92 Å². The van der Waals surface area contributed by atoms with Crippen LogP contribution in [-0.4, -0.2) is 32.2 Å². The Kier molecular flexibility index (Phi) is 4.39. The second-order valence-corrected chi connectivity index (χ2v) is 6.51. The lowest BCUT2D eigenvalue weighted by molar-refractivity contribution is 0.672. The highest BCUT2D eigenvalue weighted by atomic mass is 32.2. The predicted molar refractivity (Wildman–Crippen MR) is 83.4 cm³/mol. The fourth-order valence-corrected chi connectivity index (χ4v) is 2.31. The van der Waals surface area contributed by atoms with Crippen molar-refractivity contribution in [3.63, 3.8) is 0 Å². The van der Waals surface area contributed by atoms with Crippen LogP contribution in [0.4, 0.5) is 11.4 Å². The zero-order valence-corrected chi connectivity index (χ0v) is 12.3. The Hall–Kier alpha value is -1.89. The van der Waals surface area contributed by atoms with Crippen LogP contribution in [0.5, 0.6) is 0 Å². The van der Waals surface area contributed by atoms with Gasteiger partial charge in [-0.05, 0) is 18.6 Å². The molecule has 0 saturated heterocycles. The number of aromatic amines is 1. The van der Waals surface area contributed by atoms with Crippen molar-refractivity contribution in [1.29, 1.82) is 0 Å². The summed E-state index contributed by atoms with van der Waals surface area (Å²) in [5.41, 5.74) is 7.56. The van der Waals surface area contributed by atoms with Gasteiger partial charge in [-0.3, -0.25) is 9.00 Å². The standard InChI is InChI=1S/C13H18N4O2S/c1-8(20(2)19)3-4-15-12-6-11-9(5-10(12)14)13(18)17-7-16-11/h5-8,15H,3-4,14H2,1-2H3,(H,16,17,18). The van der Waals surface area contributed by atoms with Crippen molar-refractivity contribution in [2.24, 2.45) is 0 Å². The number of hydrogen-bond acceptors (Lipinski definition) is 5. The molecule has 2 aromatic rings. The number of nitrogens with two attached hydrogens (primary N) is 1. The summed E-state index contributed by atoms with van der Waals surface area (Å²) in [4.78, 5) is 18.2. The highest BCUT2D eigenvalue weighted by Gasteiger charge is 2.08. The lowest BCUT2D eigenvalue weighted by atomic mass is 10.2. The summed E-state index contributed by atoms with van der Waals surface area (Å²) in [5.74, 6) is 0. The molecule has 0 fully saturated rings.